The molecule has 0 aromatic carbocycles. The zero-order chi connectivity index (χ0) is 11.4. The lowest BCUT2D eigenvalue weighted by Gasteiger charge is -2.23. The number of rotatable bonds is 6. The van der Waals surface area contributed by atoms with Crippen molar-refractivity contribution in [2.75, 3.05) is 19.8 Å². The van der Waals surface area contributed by atoms with Gasteiger partial charge in [0.05, 0.1) is 0 Å². The van der Waals surface area contributed by atoms with E-state index in [4.69, 9.17) is 13.3 Å². The third-order valence-corrected chi connectivity index (χ3v) is 3.66. The summed E-state index contributed by atoms with van der Waals surface area (Å²) in [6.07, 6.45) is 0. The molecule has 0 radical (unpaired) electrons. The maximum Gasteiger partial charge on any atom is 0.497 e. The van der Waals surface area contributed by atoms with E-state index in [9.17, 15) is 0 Å². The molecule has 88 valence electrons. The molecule has 4 nitrogen and oxygen atoms in total. The van der Waals surface area contributed by atoms with Gasteiger partial charge in [-0.15, -0.1) is 0 Å². The van der Waals surface area contributed by atoms with E-state index in [2.05, 4.69) is 4.12 Å². The first-order valence-electron chi connectivity index (χ1n) is 4.92. The predicted octanol–water partition coefficient (Wildman–Crippen LogP) is -0.772. The van der Waals surface area contributed by atoms with Crippen LogP contribution in [0.25, 0.3) is 0 Å². The number of hydrogen-bond donors (Lipinski definition) is 0. The molecule has 0 saturated heterocycles. The molecule has 0 heterocycles. The third kappa shape index (κ3) is 10.6. The van der Waals surface area contributed by atoms with Gasteiger partial charge in [0, 0.05) is 26.4 Å². The van der Waals surface area contributed by atoms with Crippen LogP contribution in [0.5, 0.6) is 0 Å². The van der Waals surface area contributed by atoms with Crippen LogP contribution in [0.3, 0.4) is 0 Å². The Hall–Kier alpha value is 0.491. The van der Waals surface area contributed by atoms with Gasteiger partial charge in [-0.1, -0.05) is 0 Å². The molecular weight excluding hydrogens is 232 g/mol. The van der Waals surface area contributed by atoms with Crippen LogP contribution in [-0.4, -0.2) is 49.6 Å². The molecule has 0 fully saturated rings. The Morgan fingerprint density at radius 1 is 0.857 bits per heavy atom. The van der Waals surface area contributed by atoms with Crippen LogP contribution in [-0.2, 0) is 17.4 Å². The van der Waals surface area contributed by atoms with Crippen LogP contribution in [0.4, 0.5) is 0 Å². The Bertz CT molecular complexity index is 98.1. The SMILES string of the molecule is CCO[Si](C)(OCC)OCC.[SiH3]O[SiH3]. The zero-order valence-corrected chi connectivity index (χ0v) is 15.3. The van der Waals surface area contributed by atoms with Crippen LogP contribution in [0.2, 0.25) is 6.55 Å². The van der Waals surface area contributed by atoms with Crippen LogP contribution in [0, 0.1) is 0 Å². The lowest BCUT2D eigenvalue weighted by Crippen LogP contribution is -2.42. The molecule has 0 unspecified atom stereocenters. The van der Waals surface area contributed by atoms with Crippen LogP contribution in [0.15, 0.2) is 0 Å². The first kappa shape index (κ1) is 16.9. The van der Waals surface area contributed by atoms with Crippen LogP contribution < -0.4 is 0 Å². The normalized spacial score (nSPS) is 11.1. The van der Waals surface area contributed by atoms with E-state index in [1.807, 2.05) is 27.3 Å². The van der Waals surface area contributed by atoms with Gasteiger partial charge < -0.3 is 17.4 Å². The summed E-state index contributed by atoms with van der Waals surface area (Å²) in [4.78, 5) is 0. The summed E-state index contributed by atoms with van der Waals surface area (Å²) in [7, 11) is -0.388. The van der Waals surface area contributed by atoms with Gasteiger partial charge in [-0.25, -0.2) is 0 Å². The fourth-order valence-corrected chi connectivity index (χ4v) is 2.73. The molecule has 0 aliphatic heterocycles. The summed E-state index contributed by atoms with van der Waals surface area (Å²) in [5.74, 6) is 0. The molecule has 0 bridgehead atoms. The van der Waals surface area contributed by atoms with Crippen LogP contribution in [0.1, 0.15) is 20.8 Å². The summed E-state index contributed by atoms with van der Waals surface area (Å²) < 4.78 is 20.7. The van der Waals surface area contributed by atoms with E-state index in [0.717, 1.165) is 21.0 Å². The molecule has 0 aromatic heterocycles. The fraction of sp³-hybridized carbons (Fsp3) is 1.00. The second kappa shape index (κ2) is 11.6. The second-order valence-corrected chi connectivity index (χ2v) is 8.43. The lowest BCUT2D eigenvalue weighted by atomic mass is 10.9. The van der Waals surface area contributed by atoms with Gasteiger partial charge in [0.2, 0.25) is 0 Å². The molecule has 0 aliphatic rings. The van der Waals surface area contributed by atoms with Crippen molar-refractivity contribution in [2.45, 2.75) is 27.3 Å². The monoisotopic (exact) mass is 256 g/mol. The summed E-state index contributed by atoms with van der Waals surface area (Å²) in [5.41, 5.74) is 0. The zero-order valence-electron chi connectivity index (χ0n) is 10.3. The van der Waals surface area contributed by atoms with Crippen LogP contribution >= 0.6 is 0 Å². The minimum absolute atomic E-state index is 0.655. The predicted molar refractivity (Wildman–Crippen MR) is 67.5 cm³/mol. The Kier molecular flexibility index (Phi) is 14.0. The van der Waals surface area contributed by atoms with Gasteiger partial charge >= 0.3 is 8.80 Å². The Morgan fingerprint density at radius 2 is 1.07 bits per heavy atom. The molecule has 0 saturated carbocycles. The summed E-state index contributed by atoms with van der Waals surface area (Å²) in [5, 5.41) is 0. The van der Waals surface area contributed by atoms with Gasteiger partial charge in [-0.3, -0.25) is 0 Å². The average molecular weight is 257 g/mol. The van der Waals surface area contributed by atoms with Crippen molar-refractivity contribution in [1.29, 1.82) is 0 Å². The highest BCUT2D eigenvalue weighted by Gasteiger charge is 2.32. The second-order valence-electron chi connectivity index (χ2n) is 2.57. The highest BCUT2D eigenvalue weighted by molar-refractivity contribution is 6.59. The molecule has 0 aliphatic carbocycles. The fourth-order valence-electron chi connectivity index (χ4n) is 0.912. The first-order valence-corrected chi connectivity index (χ1v) is 8.77. The molecule has 14 heavy (non-hydrogen) atoms. The molecule has 0 aromatic rings. The third-order valence-electron chi connectivity index (χ3n) is 1.22. The van der Waals surface area contributed by atoms with Crippen molar-refractivity contribution in [2.24, 2.45) is 0 Å². The minimum Gasteiger partial charge on any atom is -0.471 e. The molecule has 7 heteroatoms. The minimum atomic E-state index is -2.25. The van der Waals surface area contributed by atoms with Crippen molar-refractivity contribution >= 4 is 29.8 Å². The lowest BCUT2D eigenvalue weighted by molar-refractivity contribution is 0.0783. The highest BCUT2D eigenvalue weighted by Crippen LogP contribution is 2.08. The van der Waals surface area contributed by atoms with E-state index in [1.165, 1.54) is 0 Å². The van der Waals surface area contributed by atoms with E-state index >= 15 is 0 Å². The summed E-state index contributed by atoms with van der Waals surface area (Å²) >= 11 is 0. The van der Waals surface area contributed by atoms with Crippen molar-refractivity contribution < 1.29 is 17.4 Å². The Balaban J connectivity index is 0. The maximum atomic E-state index is 5.40. The van der Waals surface area contributed by atoms with E-state index in [0.29, 0.717) is 19.8 Å². The largest absolute Gasteiger partial charge is 0.497 e. The highest BCUT2D eigenvalue weighted by atomic mass is 28.4. The van der Waals surface area contributed by atoms with Gasteiger partial charge in [0.25, 0.3) is 0 Å². The first-order chi connectivity index (χ1) is 6.60. The molecule has 0 spiro atoms. The molecular formula is C7H24O4Si3. The average Bonchev–Trinajstić information content (AvgIpc) is 2.06. The van der Waals surface area contributed by atoms with Gasteiger partial charge in [-0.2, -0.15) is 0 Å². The van der Waals surface area contributed by atoms with E-state index in [-0.39, 0.29) is 0 Å². The Morgan fingerprint density at radius 3 is 1.21 bits per heavy atom. The smallest absolute Gasteiger partial charge is 0.471 e. The number of hydrogen-bond acceptors (Lipinski definition) is 4. The van der Waals surface area contributed by atoms with Crippen molar-refractivity contribution in [3.8, 4) is 0 Å². The van der Waals surface area contributed by atoms with Gasteiger partial charge in [0.1, 0.15) is 21.0 Å². The summed E-state index contributed by atoms with van der Waals surface area (Å²) in [6, 6.07) is 0. The topological polar surface area (TPSA) is 36.9 Å². The molecule has 0 atom stereocenters. The Labute approximate surface area is 94.7 Å². The standard InChI is InChI=1S/C7H18O3Si.H6OSi2/c1-5-8-11(4,9-6-2)10-7-3;2-1-3/h5-7H2,1-4H3;2-3H3. The van der Waals surface area contributed by atoms with Gasteiger partial charge in [-0.05, 0) is 20.8 Å². The van der Waals surface area contributed by atoms with Crippen molar-refractivity contribution in [1.82, 2.24) is 0 Å². The summed E-state index contributed by atoms with van der Waals surface area (Å²) in [6.45, 7) is 9.73. The molecule has 0 N–H and O–H groups in total. The van der Waals surface area contributed by atoms with Gasteiger partial charge in [0.15, 0.2) is 0 Å². The van der Waals surface area contributed by atoms with E-state index < -0.39 is 8.80 Å². The van der Waals surface area contributed by atoms with E-state index in [1.54, 1.807) is 0 Å². The quantitative estimate of drug-likeness (QED) is 0.585. The van der Waals surface area contributed by atoms with Crippen molar-refractivity contribution in [3.63, 3.8) is 0 Å². The molecule has 0 amide bonds. The van der Waals surface area contributed by atoms with Crippen molar-refractivity contribution in [3.05, 3.63) is 0 Å². The molecule has 0 rings (SSSR count). The maximum absolute atomic E-state index is 5.40.